The van der Waals surface area contributed by atoms with Crippen LogP contribution in [0.1, 0.15) is 33.1 Å². The van der Waals surface area contributed by atoms with Gasteiger partial charge in [0.15, 0.2) is 0 Å². The highest BCUT2D eigenvalue weighted by Crippen LogP contribution is 2.45. The third-order valence-electron chi connectivity index (χ3n) is 7.08. The molecule has 3 fully saturated rings. The number of hydrogen-bond donors (Lipinski definition) is 1. The molecule has 0 amide bonds. The van der Waals surface area contributed by atoms with Crippen molar-refractivity contribution in [3.63, 3.8) is 0 Å². The number of ether oxygens (including phenoxy) is 4. The van der Waals surface area contributed by atoms with E-state index in [0.717, 1.165) is 38.4 Å². The largest absolute Gasteiger partial charge is 0.465 e. The third kappa shape index (κ3) is 6.06. The van der Waals surface area contributed by atoms with Crippen molar-refractivity contribution >= 4 is 11.9 Å². The summed E-state index contributed by atoms with van der Waals surface area (Å²) in [5.74, 6) is -1.02. The summed E-state index contributed by atoms with van der Waals surface area (Å²) in [7, 11) is 1.66. The summed E-state index contributed by atoms with van der Waals surface area (Å²) in [6.45, 7) is 8.78. The molecule has 2 saturated heterocycles. The van der Waals surface area contributed by atoms with Gasteiger partial charge < -0.3 is 24.1 Å². The molecule has 0 spiro atoms. The Labute approximate surface area is 184 Å². The first-order valence-corrected chi connectivity index (χ1v) is 11.4. The number of carbonyl (C=O) groups excluding carboxylic acids is 2. The molecule has 8 nitrogen and oxygen atoms in total. The minimum absolute atomic E-state index is 0.000935. The number of nitrogens with zero attached hydrogens (tertiary/aromatic N) is 1. The van der Waals surface area contributed by atoms with E-state index < -0.39 is 12.0 Å². The van der Waals surface area contributed by atoms with Crippen LogP contribution in [0.25, 0.3) is 0 Å². The van der Waals surface area contributed by atoms with E-state index in [1.54, 1.807) is 7.11 Å². The number of carbonyl (C=O) groups is 2. The topological polar surface area (TPSA) is 94.5 Å². The molecule has 0 aromatic rings. The molecule has 31 heavy (non-hydrogen) atoms. The van der Waals surface area contributed by atoms with E-state index in [-0.39, 0.29) is 35.8 Å². The summed E-state index contributed by atoms with van der Waals surface area (Å²) in [6.07, 6.45) is 2.67. The quantitative estimate of drug-likeness (QED) is 0.426. The van der Waals surface area contributed by atoms with Gasteiger partial charge in [-0.3, -0.25) is 14.5 Å². The maximum absolute atomic E-state index is 12.1. The number of aliphatic hydroxyl groups is 1. The number of hydrogen-bond acceptors (Lipinski definition) is 8. The highest BCUT2D eigenvalue weighted by molar-refractivity contribution is 5.75. The van der Waals surface area contributed by atoms with Crippen molar-refractivity contribution in [1.82, 2.24) is 4.90 Å². The van der Waals surface area contributed by atoms with Gasteiger partial charge in [0.05, 0.1) is 37.9 Å². The van der Waals surface area contributed by atoms with Crippen LogP contribution in [0.15, 0.2) is 11.6 Å². The maximum atomic E-state index is 12.1. The smallest absolute Gasteiger partial charge is 0.312 e. The van der Waals surface area contributed by atoms with E-state index in [4.69, 9.17) is 18.9 Å². The molecule has 3 aliphatic rings. The summed E-state index contributed by atoms with van der Waals surface area (Å²) >= 11 is 0. The van der Waals surface area contributed by atoms with Gasteiger partial charge in [-0.2, -0.15) is 0 Å². The molecule has 8 heteroatoms. The normalized spacial score (nSPS) is 34.3. The second kappa shape index (κ2) is 11.4. The number of rotatable bonds is 9. The van der Waals surface area contributed by atoms with Crippen LogP contribution in [0, 0.1) is 23.7 Å². The molecule has 1 N–H and O–H groups in total. The summed E-state index contributed by atoms with van der Waals surface area (Å²) in [4.78, 5) is 26.4. The molecule has 0 radical (unpaired) electrons. The number of cyclic esters (lactones) is 1. The Morgan fingerprint density at radius 2 is 2.03 bits per heavy atom. The first kappa shape index (κ1) is 24.2. The molecule has 0 aromatic carbocycles. The van der Waals surface area contributed by atoms with Gasteiger partial charge in [0.25, 0.3) is 0 Å². The Morgan fingerprint density at radius 1 is 1.29 bits per heavy atom. The van der Waals surface area contributed by atoms with Gasteiger partial charge in [0.1, 0.15) is 6.61 Å². The predicted molar refractivity (Wildman–Crippen MR) is 113 cm³/mol. The zero-order valence-corrected chi connectivity index (χ0v) is 19.0. The van der Waals surface area contributed by atoms with Gasteiger partial charge in [-0.1, -0.05) is 18.6 Å². The first-order chi connectivity index (χ1) is 14.9. The standard InChI is InChI=1S/C23H37NO7/c1-15(5-7-19(25)30-13-10-24-8-11-29-12-9-24)4-6-17-21(26)20-18(14-31-23(20)27)16(2)22(17)28-3/h4,16-18,20-22,26H,5-14H2,1-3H3/b15-4+. The Bertz CT molecular complexity index is 646. The minimum Gasteiger partial charge on any atom is -0.465 e. The second-order valence-electron chi connectivity index (χ2n) is 8.99. The van der Waals surface area contributed by atoms with Crippen molar-refractivity contribution in [3.8, 4) is 0 Å². The van der Waals surface area contributed by atoms with E-state index in [0.29, 0.717) is 32.5 Å². The Hall–Kier alpha value is -1.48. The lowest BCUT2D eigenvalue weighted by atomic mass is 9.65. The lowest BCUT2D eigenvalue weighted by molar-refractivity contribution is -0.153. The Morgan fingerprint density at radius 3 is 2.74 bits per heavy atom. The molecule has 2 heterocycles. The fourth-order valence-corrected chi connectivity index (χ4v) is 5.11. The average molecular weight is 440 g/mol. The number of fused-ring (bicyclic) bond motifs is 1. The zero-order valence-electron chi connectivity index (χ0n) is 19.0. The van der Waals surface area contributed by atoms with Gasteiger partial charge in [0.2, 0.25) is 0 Å². The fraction of sp³-hybridized carbons (Fsp3) is 0.826. The third-order valence-corrected chi connectivity index (χ3v) is 7.08. The monoisotopic (exact) mass is 439 g/mol. The second-order valence-corrected chi connectivity index (χ2v) is 8.99. The molecule has 1 aliphatic carbocycles. The first-order valence-electron chi connectivity index (χ1n) is 11.4. The van der Waals surface area contributed by atoms with Crippen molar-refractivity contribution in [2.24, 2.45) is 23.7 Å². The van der Waals surface area contributed by atoms with Crippen LogP contribution >= 0.6 is 0 Å². The molecule has 6 atom stereocenters. The lowest BCUT2D eigenvalue weighted by Crippen LogP contribution is -2.52. The van der Waals surface area contributed by atoms with Crippen LogP contribution < -0.4 is 0 Å². The van der Waals surface area contributed by atoms with E-state index in [1.165, 1.54) is 0 Å². The summed E-state index contributed by atoms with van der Waals surface area (Å²) in [5, 5.41) is 10.9. The summed E-state index contributed by atoms with van der Waals surface area (Å²) in [5.41, 5.74) is 1.07. The number of methoxy groups -OCH3 is 1. The van der Waals surface area contributed by atoms with Crippen molar-refractivity contribution in [2.45, 2.75) is 45.3 Å². The Kier molecular flexibility index (Phi) is 8.89. The number of morpholine rings is 1. The van der Waals surface area contributed by atoms with E-state index in [9.17, 15) is 14.7 Å². The van der Waals surface area contributed by atoms with E-state index in [1.807, 2.05) is 13.0 Å². The molecular formula is C23H37NO7. The minimum atomic E-state index is -0.782. The number of aliphatic hydroxyl groups excluding tert-OH is 1. The predicted octanol–water partition coefficient (Wildman–Crippen LogP) is 1.41. The van der Waals surface area contributed by atoms with E-state index in [2.05, 4.69) is 11.8 Å². The van der Waals surface area contributed by atoms with Gasteiger partial charge >= 0.3 is 11.9 Å². The maximum Gasteiger partial charge on any atom is 0.312 e. The Balaban J connectivity index is 1.44. The zero-order chi connectivity index (χ0) is 22.4. The van der Waals surface area contributed by atoms with Crippen molar-refractivity contribution in [1.29, 1.82) is 0 Å². The van der Waals surface area contributed by atoms with Crippen LogP contribution in [0.2, 0.25) is 0 Å². The number of allylic oxidation sites excluding steroid dienone is 2. The van der Waals surface area contributed by atoms with Gasteiger partial charge in [-0.15, -0.1) is 0 Å². The van der Waals surface area contributed by atoms with Gasteiger partial charge in [-0.05, 0) is 25.7 Å². The molecule has 0 aromatic heterocycles. The molecule has 0 bridgehead atoms. The molecule has 176 valence electrons. The fourth-order valence-electron chi connectivity index (χ4n) is 5.11. The van der Waals surface area contributed by atoms with Crippen LogP contribution in [-0.2, 0) is 28.5 Å². The van der Waals surface area contributed by atoms with Crippen molar-refractivity contribution in [2.75, 3.05) is 53.2 Å². The van der Waals surface area contributed by atoms with Crippen LogP contribution in [0.3, 0.4) is 0 Å². The van der Waals surface area contributed by atoms with Crippen LogP contribution in [-0.4, -0.2) is 87.3 Å². The summed E-state index contributed by atoms with van der Waals surface area (Å²) in [6, 6.07) is 0. The SMILES string of the molecule is COC1C(C)C2COC(=O)C2C(O)C1C/C=C(\C)CCC(=O)OCCN1CCOCC1. The van der Waals surface area contributed by atoms with Gasteiger partial charge in [-0.25, -0.2) is 0 Å². The van der Waals surface area contributed by atoms with Gasteiger partial charge in [0, 0.05) is 45.0 Å². The highest BCUT2D eigenvalue weighted by Gasteiger charge is 2.54. The summed E-state index contributed by atoms with van der Waals surface area (Å²) < 4.78 is 21.6. The molecular weight excluding hydrogens is 402 g/mol. The van der Waals surface area contributed by atoms with E-state index >= 15 is 0 Å². The molecule has 3 rings (SSSR count). The average Bonchev–Trinajstić information content (AvgIpc) is 3.16. The molecule has 1 saturated carbocycles. The van der Waals surface area contributed by atoms with Crippen molar-refractivity contribution < 1.29 is 33.6 Å². The highest BCUT2D eigenvalue weighted by atomic mass is 16.5. The van der Waals surface area contributed by atoms with Crippen molar-refractivity contribution in [3.05, 3.63) is 11.6 Å². The molecule has 6 unspecified atom stereocenters. The lowest BCUT2D eigenvalue weighted by Gasteiger charge is -2.43. The van der Waals surface area contributed by atoms with Crippen LogP contribution in [0.5, 0.6) is 0 Å². The van der Waals surface area contributed by atoms with Crippen LogP contribution in [0.4, 0.5) is 0 Å². The molecule has 2 aliphatic heterocycles. The number of esters is 2.